The molecule has 0 saturated heterocycles. The van der Waals surface area contributed by atoms with Crippen LogP contribution in [0.1, 0.15) is 6.92 Å². The van der Waals surface area contributed by atoms with E-state index in [9.17, 15) is 0 Å². The SMILES string of the molecule is CCOc1ccn2nccc2n1. The van der Waals surface area contributed by atoms with Gasteiger partial charge in [0.25, 0.3) is 0 Å². The lowest BCUT2D eigenvalue weighted by molar-refractivity contribution is 0.327. The zero-order chi connectivity index (χ0) is 8.39. The van der Waals surface area contributed by atoms with E-state index in [1.165, 1.54) is 0 Å². The highest BCUT2D eigenvalue weighted by molar-refractivity contribution is 5.37. The lowest BCUT2D eigenvalue weighted by Crippen LogP contribution is -1.96. The van der Waals surface area contributed by atoms with Gasteiger partial charge in [-0.2, -0.15) is 10.1 Å². The van der Waals surface area contributed by atoms with E-state index in [-0.39, 0.29) is 0 Å². The van der Waals surface area contributed by atoms with Crippen molar-refractivity contribution in [1.82, 2.24) is 14.6 Å². The predicted octanol–water partition coefficient (Wildman–Crippen LogP) is 1.13. The van der Waals surface area contributed by atoms with Crippen molar-refractivity contribution in [2.45, 2.75) is 6.92 Å². The minimum atomic E-state index is 0.636. The summed E-state index contributed by atoms with van der Waals surface area (Å²) in [5.41, 5.74) is 0.806. The maximum Gasteiger partial charge on any atom is 0.216 e. The van der Waals surface area contributed by atoms with Crippen LogP contribution in [0.4, 0.5) is 0 Å². The van der Waals surface area contributed by atoms with Crippen LogP contribution in [0, 0.1) is 0 Å². The molecule has 12 heavy (non-hydrogen) atoms. The van der Waals surface area contributed by atoms with Crippen molar-refractivity contribution in [3.8, 4) is 5.88 Å². The molecular formula is C8H9N3O. The molecule has 0 aliphatic carbocycles. The topological polar surface area (TPSA) is 39.4 Å². The monoisotopic (exact) mass is 163 g/mol. The highest BCUT2D eigenvalue weighted by Gasteiger charge is 1.96. The summed E-state index contributed by atoms with van der Waals surface area (Å²) in [6.07, 6.45) is 3.53. The number of ether oxygens (including phenoxy) is 1. The first-order valence-corrected chi connectivity index (χ1v) is 3.83. The Labute approximate surface area is 69.8 Å². The van der Waals surface area contributed by atoms with E-state index in [0.717, 1.165) is 5.65 Å². The molecule has 0 saturated carbocycles. The van der Waals surface area contributed by atoms with Crippen molar-refractivity contribution < 1.29 is 4.74 Å². The highest BCUT2D eigenvalue weighted by atomic mass is 16.5. The fraction of sp³-hybridized carbons (Fsp3) is 0.250. The zero-order valence-electron chi connectivity index (χ0n) is 6.77. The maximum atomic E-state index is 5.23. The van der Waals surface area contributed by atoms with Crippen LogP contribution in [0.15, 0.2) is 24.5 Å². The average molecular weight is 163 g/mol. The number of hydrogen-bond acceptors (Lipinski definition) is 3. The van der Waals surface area contributed by atoms with Crippen molar-refractivity contribution in [2.75, 3.05) is 6.61 Å². The minimum absolute atomic E-state index is 0.636. The van der Waals surface area contributed by atoms with E-state index in [4.69, 9.17) is 4.74 Å². The van der Waals surface area contributed by atoms with Crippen LogP contribution >= 0.6 is 0 Å². The Hall–Kier alpha value is -1.58. The number of nitrogens with zero attached hydrogens (tertiary/aromatic N) is 3. The van der Waals surface area contributed by atoms with Crippen LogP contribution in [-0.2, 0) is 0 Å². The number of aromatic nitrogens is 3. The smallest absolute Gasteiger partial charge is 0.216 e. The van der Waals surface area contributed by atoms with Gasteiger partial charge in [-0.1, -0.05) is 0 Å². The summed E-state index contributed by atoms with van der Waals surface area (Å²) in [4.78, 5) is 4.20. The molecule has 4 nitrogen and oxygen atoms in total. The minimum Gasteiger partial charge on any atom is -0.478 e. The summed E-state index contributed by atoms with van der Waals surface area (Å²) in [5, 5.41) is 4.02. The predicted molar refractivity (Wildman–Crippen MR) is 44.2 cm³/mol. The normalized spacial score (nSPS) is 10.4. The lowest BCUT2D eigenvalue weighted by Gasteiger charge is -2.00. The van der Waals surface area contributed by atoms with E-state index >= 15 is 0 Å². The highest BCUT2D eigenvalue weighted by Crippen LogP contribution is 2.07. The van der Waals surface area contributed by atoms with Gasteiger partial charge < -0.3 is 4.74 Å². The molecule has 0 radical (unpaired) electrons. The van der Waals surface area contributed by atoms with Crippen LogP contribution in [-0.4, -0.2) is 21.2 Å². The van der Waals surface area contributed by atoms with E-state index in [1.807, 2.05) is 19.2 Å². The first-order valence-electron chi connectivity index (χ1n) is 3.83. The van der Waals surface area contributed by atoms with E-state index in [0.29, 0.717) is 12.5 Å². The van der Waals surface area contributed by atoms with Crippen LogP contribution < -0.4 is 4.74 Å². The molecule has 2 aromatic rings. The fourth-order valence-corrected chi connectivity index (χ4v) is 1.02. The van der Waals surface area contributed by atoms with Crippen LogP contribution in [0.25, 0.3) is 5.65 Å². The van der Waals surface area contributed by atoms with Gasteiger partial charge in [0.05, 0.1) is 12.8 Å². The van der Waals surface area contributed by atoms with Gasteiger partial charge >= 0.3 is 0 Å². The molecule has 0 aliphatic heterocycles. The second-order valence-electron chi connectivity index (χ2n) is 2.33. The van der Waals surface area contributed by atoms with Crippen LogP contribution in [0.2, 0.25) is 0 Å². The molecule has 2 rings (SSSR count). The Balaban J connectivity index is 2.46. The first-order chi connectivity index (χ1) is 5.90. The third-order valence-electron chi connectivity index (χ3n) is 1.52. The van der Waals surface area contributed by atoms with Crippen molar-refractivity contribution in [2.24, 2.45) is 0 Å². The quantitative estimate of drug-likeness (QED) is 0.666. The first kappa shape index (κ1) is 7.09. The summed E-state index contributed by atoms with van der Waals surface area (Å²) in [6, 6.07) is 3.63. The third-order valence-corrected chi connectivity index (χ3v) is 1.52. The Kier molecular flexibility index (Phi) is 1.66. The summed E-state index contributed by atoms with van der Waals surface area (Å²) >= 11 is 0. The van der Waals surface area contributed by atoms with Gasteiger partial charge in [-0.3, -0.25) is 0 Å². The molecule has 0 bridgehead atoms. The molecule has 0 amide bonds. The van der Waals surface area contributed by atoms with Gasteiger partial charge in [-0.05, 0) is 6.92 Å². The molecular weight excluding hydrogens is 154 g/mol. The van der Waals surface area contributed by atoms with Gasteiger partial charge in [0, 0.05) is 18.3 Å². The Bertz CT molecular complexity index is 382. The van der Waals surface area contributed by atoms with Crippen molar-refractivity contribution in [1.29, 1.82) is 0 Å². The largest absolute Gasteiger partial charge is 0.478 e. The molecule has 2 aromatic heterocycles. The second-order valence-corrected chi connectivity index (χ2v) is 2.33. The third kappa shape index (κ3) is 1.11. The van der Waals surface area contributed by atoms with E-state index < -0.39 is 0 Å². The molecule has 0 aliphatic rings. The molecule has 62 valence electrons. The molecule has 4 heteroatoms. The molecule has 2 heterocycles. The van der Waals surface area contributed by atoms with E-state index in [2.05, 4.69) is 10.1 Å². The van der Waals surface area contributed by atoms with Crippen molar-refractivity contribution in [3.63, 3.8) is 0 Å². The van der Waals surface area contributed by atoms with E-state index in [1.54, 1.807) is 16.8 Å². The lowest BCUT2D eigenvalue weighted by atomic mass is 10.6. The maximum absolute atomic E-state index is 5.23. The number of rotatable bonds is 2. The summed E-state index contributed by atoms with van der Waals surface area (Å²) in [5.74, 6) is 0.644. The van der Waals surface area contributed by atoms with Crippen LogP contribution in [0.3, 0.4) is 0 Å². The van der Waals surface area contributed by atoms with Crippen LogP contribution in [0.5, 0.6) is 5.88 Å². The van der Waals surface area contributed by atoms with Gasteiger partial charge in [-0.25, -0.2) is 4.52 Å². The van der Waals surface area contributed by atoms with Crippen molar-refractivity contribution in [3.05, 3.63) is 24.5 Å². The summed E-state index contributed by atoms with van der Waals surface area (Å²) < 4.78 is 6.93. The average Bonchev–Trinajstić information content (AvgIpc) is 2.51. The van der Waals surface area contributed by atoms with Crippen molar-refractivity contribution >= 4 is 5.65 Å². The molecule has 0 fully saturated rings. The molecule has 0 N–H and O–H groups in total. The van der Waals surface area contributed by atoms with Gasteiger partial charge in [-0.15, -0.1) is 0 Å². The Morgan fingerprint density at radius 3 is 3.25 bits per heavy atom. The Morgan fingerprint density at radius 2 is 2.42 bits per heavy atom. The molecule has 0 aromatic carbocycles. The number of hydrogen-bond donors (Lipinski definition) is 0. The summed E-state index contributed by atoms with van der Waals surface area (Å²) in [6.45, 7) is 2.57. The van der Waals surface area contributed by atoms with Gasteiger partial charge in [0.15, 0.2) is 5.65 Å². The zero-order valence-corrected chi connectivity index (χ0v) is 6.77. The van der Waals surface area contributed by atoms with Gasteiger partial charge in [0.1, 0.15) is 0 Å². The standard InChI is InChI=1S/C8H9N3O/c1-2-12-8-4-6-11-7(10-8)3-5-9-11/h3-6H,2H2,1H3. The Morgan fingerprint density at radius 1 is 1.50 bits per heavy atom. The van der Waals surface area contributed by atoms with Gasteiger partial charge in [0.2, 0.25) is 5.88 Å². The molecule has 0 spiro atoms. The molecule has 0 atom stereocenters. The molecule has 0 unspecified atom stereocenters. The number of fused-ring (bicyclic) bond motifs is 1. The fourth-order valence-electron chi connectivity index (χ4n) is 1.02. The summed E-state index contributed by atoms with van der Waals surface area (Å²) in [7, 11) is 0. The second kappa shape index (κ2) is 2.81.